The molecule has 0 unspecified atom stereocenters. The molecule has 0 aliphatic carbocycles. The van der Waals surface area contributed by atoms with E-state index in [1.807, 2.05) is 44.2 Å². The van der Waals surface area contributed by atoms with Gasteiger partial charge >= 0.3 is 0 Å². The van der Waals surface area contributed by atoms with Gasteiger partial charge in [-0.1, -0.05) is 43.6 Å². The van der Waals surface area contributed by atoms with Gasteiger partial charge in [0.2, 0.25) is 5.91 Å². The average Bonchev–Trinajstić information content (AvgIpc) is 3.16. The summed E-state index contributed by atoms with van der Waals surface area (Å²) >= 11 is 6.37. The van der Waals surface area contributed by atoms with Gasteiger partial charge in [-0.2, -0.15) is 5.10 Å². The summed E-state index contributed by atoms with van der Waals surface area (Å²) in [5, 5.41) is 10.3. The first-order valence-corrected chi connectivity index (χ1v) is 11.7. The number of benzene rings is 2. The minimum atomic E-state index is -0.500. The summed E-state index contributed by atoms with van der Waals surface area (Å²) in [4.78, 5) is 25.1. The zero-order chi connectivity index (χ0) is 24.8. The molecule has 34 heavy (non-hydrogen) atoms. The van der Waals surface area contributed by atoms with Crippen LogP contribution in [0.3, 0.4) is 0 Å². The molecule has 0 fully saturated rings. The summed E-state index contributed by atoms with van der Waals surface area (Å²) in [6, 6.07) is 14.1. The highest BCUT2D eigenvalue weighted by Gasteiger charge is 2.19. The van der Waals surface area contributed by atoms with Gasteiger partial charge in [-0.05, 0) is 69.0 Å². The lowest BCUT2D eigenvalue weighted by Crippen LogP contribution is -2.25. The van der Waals surface area contributed by atoms with Gasteiger partial charge in [0.1, 0.15) is 11.8 Å². The van der Waals surface area contributed by atoms with Crippen molar-refractivity contribution < 1.29 is 14.3 Å². The Bertz CT molecular complexity index is 1170. The predicted octanol–water partition coefficient (Wildman–Crippen LogP) is 5.88. The van der Waals surface area contributed by atoms with Crippen LogP contribution in [0.5, 0.6) is 5.75 Å². The largest absolute Gasteiger partial charge is 0.483 e. The molecular formula is C26H31ClN4O3. The molecule has 0 bridgehead atoms. The number of aromatic nitrogens is 2. The number of amides is 2. The van der Waals surface area contributed by atoms with Crippen LogP contribution in [0.1, 0.15) is 56.1 Å². The lowest BCUT2D eigenvalue weighted by atomic mass is 9.98. The first-order valence-electron chi connectivity index (χ1n) is 11.3. The van der Waals surface area contributed by atoms with E-state index in [1.165, 1.54) is 0 Å². The van der Waals surface area contributed by atoms with E-state index in [0.717, 1.165) is 23.4 Å². The van der Waals surface area contributed by atoms with Crippen molar-refractivity contribution in [3.05, 3.63) is 70.5 Å². The molecule has 180 valence electrons. The number of para-hydroxylation sites is 1. The van der Waals surface area contributed by atoms with Crippen molar-refractivity contribution in [2.24, 2.45) is 0 Å². The zero-order valence-corrected chi connectivity index (χ0v) is 20.9. The number of aryl methyl sites for hydroxylation is 2. The molecule has 2 aromatic carbocycles. The summed E-state index contributed by atoms with van der Waals surface area (Å²) in [5.74, 6) is 0.507. The number of hydrogen-bond donors (Lipinski definition) is 2. The predicted molar refractivity (Wildman–Crippen MR) is 136 cm³/mol. The molecule has 3 aromatic rings. The Kier molecular flexibility index (Phi) is 8.34. The SMILES string of the molecule is CC[C@H](C)c1ccccc1OCC(=O)Nc1ccc(NC(=O)[C@H](C)n2nc(C)cc2C)c(Cl)c1. The maximum absolute atomic E-state index is 12.7. The van der Waals surface area contributed by atoms with E-state index in [4.69, 9.17) is 16.3 Å². The van der Waals surface area contributed by atoms with Gasteiger partial charge in [0.25, 0.3) is 5.91 Å². The summed E-state index contributed by atoms with van der Waals surface area (Å²) < 4.78 is 7.44. The Morgan fingerprint density at radius 3 is 2.47 bits per heavy atom. The summed E-state index contributed by atoms with van der Waals surface area (Å²) in [5.41, 5.74) is 3.80. The van der Waals surface area contributed by atoms with E-state index in [-0.39, 0.29) is 18.4 Å². The molecule has 0 aliphatic rings. The normalized spacial score (nSPS) is 12.6. The summed E-state index contributed by atoms with van der Waals surface area (Å²) in [6.45, 7) is 9.68. The first-order chi connectivity index (χ1) is 16.2. The quantitative estimate of drug-likeness (QED) is 0.398. The number of carbonyl (C=O) groups excluding carboxylic acids is 2. The monoisotopic (exact) mass is 482 g/mol. The zero-order valence-electron chi connectivity index (χ0n) is 20.2. The average molecular weight is 483 g/mol. The van der Waals surface area contributed by atoms with Gasteiger partial charge < -0.3 is 15.4 Å². The number of ether oxygens (including phenoxy) is 1. The second-order valence-corrected chi connectivity index (χ2v) is 8.82. The van der Waals surface area contributed by atoms with Crippen LogP contribution >= 0.6 is 11.6 Å². The third kappa shape index (κ3) is 6.17. The third-order valence-corrected chi connectivity index (χ3v) is 6.04. The maximum Gasteiger partial charge on any atom is 0.262 e. The van der Waals surface area contributed by atoms with Gasteiger partial charge in [-0.25, -0.2) is 0 Å². The summed E-state index contributed by atoms with van der Waals surface area (Å²) in [7, 11) is 0. The van der Waals surface area contributed by atoms with Crippen LogP contribution in [0.2, 0.25) is 5.02 Å². The van der Waals surface area contributed by atoms with Crippen LogP contribution in [0.4, 0.5) is 11.4 Å². The van der Waals surface area contributed by atoms with Gasteiger partial charge in [0.15, 0.2) is 6.61 Å². The van der Waals surface area contributed by atoms with Crippen LogP contribution in [0, 0.1) is 13.8 Å². The second kappa shape index (κ2) is 11.2. The van der Waals surface area contributed by atoms with Crippen LogP contribution in [-0.2, 0) is 9.59 Å². The molecular weight excluding hydrogens is 452 g/mol. The van der Waals surface area contributed by atoms with Crippen molar-refractivity contribution in [1.82, 2.24) is 9.78 Å². The van der Waals surface area contributed by atoms with E-state index in [1.54, 1.807) is 29.8 Å². The molecule has 0 aliphatic heterocycles. The number of carbonyl (C=O) groups is 2. The van der Waals surface area contributed by atoms with Gasteiger partial charge in [-0.15, -0.1) is 0 Å². The van der Waals surface area contributed by atoms with Crippen molar-refractivity contribution in [2.45, 2.75) is 53.0 Å². The molecule has 0 radical (unpaired) electrons. The Morgan fingerprint density at radius 2 is 1.82 bits per heavy atom. The van der Waals surface area contributed by atoms with E-state index < -0.39 is 6.04 Å². The van der Waals surface area contributed by atoms with E-state index >= 15 is 0 Å². The highest BCUT2D eigenvalue weighted by Crippen LogP contribution is 2.29. The van der Waals surface area contributed by atoms with Crippen LogP contribution in [0.25, 0.3) is 0 Å². The highest BCUT2D eigenvalue weighted by molar-refractivity contribution is 6.34. The van der Waals surface area contributed by atoms with Crippen molar-refractivity contribution >= 4 is 34.8 Å². The smallest absolute Gasteiger partial charge is 0.262 e. The van der Waals surface area contributed by atoms with Crippen molar-refractivity contribution in [3.63, 3.8) is 0 Å². The lowest BCUT2D eigenvalue weighted by Gasteiger charge is -2.16. The molecule has 1 aromatic heterocycles. The van der Waals surface area contributed by atoms with E-state index in [2.05, 4.69) is 29.6 Å². The van der Waals surface area contributed by atoms with E-state index in [9.17, 15) is 9.59 Å². The number of nitrogens with one attached hydrogen (secondary N) is 2. The van der Waals surface area contributed by atoms with Crippen LogP contribution in [0.15, 0.2) is 48.5 Å². The molecule has 0 spiro atoms. The maximum atomic E-state index is 12.7. The molecule has 3 rings (SSSR count). The molecule has 2 atom stereocenters. The molecule has 1 heterocycles. The highest BCUT2D eigenvalue weighted by atomic mass is 35.5. The number of nitrogens with zero attached hydrogens (tertiary/aromatic N) is 2. The van der Waals surface area contributed by atoms with E-state index in [0.29, 0.717) is 28.1 Å². The van der Waals surface area contributed by atoms with Crippen molar-refractivity contribution in [3.8, 4) is 5.75 Å². The molecule has 0 saturated heterocycles. The Hall–Kier alpha value is -3.32. The fourth-order valence-corrected chi connectivity index (χ4v) is 3.89. The number of hydrogen-bond acceptors (Lipinski definition) is 4. The molecule has 7 nitrogen and oxygen atoms in total. The molecule has 0 saturated carbocycles. The second-order valence-electron chi connectivity index (χ2n) is 8.42. The number of anilines is 2. The Morgan fingerprint density at radius 1 is 1.09 bits per heavy atom. The van der Waals surface area contributed by atoms with Gasteiger partial charge in [-0.3, -0.25) is 14.3 Å². The minimum absolute atomic E-state index is 0.121. The number of rotatable bonds is 9. The third-order valence-electron chi connectivity index (χ3n) is 5.72. The van der Waals surface area contributed by atoms with Gasteiger partial charge in [0.05, 0.1) is 16.4 Å². The minimum Gasteiger partial charge on any atom is -0.483 e. The first kappa shape index (κ1) is 25.3. The Balaban J connectivity index is 1.59. The van der Waals surface area contributed by atoms with Crippen LogP contribution < -0.4 is 15.4 Å². The Labute approximate surface area is 205 Å². The number of halogens is 1. The molecule has 8 heteroatoms. The molecule has 2 amide bonds. The fourth-order valence-electron chi connectivity index (χ4n) is 3.66. The topological polar surface area (TPSA) is 85.3 Å². The fraction of sp³-hybridized carbons (Fsp3) is 0.346. The van der Waals surface area contributed by atoms with Gasteiger partial charge in [0, 0.05) is 11.4 Å². The van der Waals surface area contributed by atoms with Crippen molar-refractivity contribution in [1.29, 1.82) is 0 Å². The summed E-state index contributed by atoms with van der Waals surface area (Å²) in [6.07, 6.45) is 0.980. The van der Waals surface area contributed by atoms with Crippen LogP contribution in [-0.4, -0.2) is 28.2 Å². The van der Waals surface area contributed by atoms with Crippen molar-refractivity contribution in [2.75, 3.05) is 17.2 Å². The standard InChI is InChI=1S/C26H31ClN4O3/c1-6-16(2)21-9-7-8-10-24(21)34-15-25(32)28-20-11-12-23(22(27)14-20)29-26(33)19(5)31-18(4)13-17(3)30-31/h7-14,16,19H,6,15H2,1-5H3,(H,28,32)(H,29,33)/t16-,19-/m0/s1. The molecule has 2 N–H and O–H groups in total. The lowest BCUT2D eigenvalue weighted by molar-refractivity contribution is -0.119.